The zero-order chi connectivity index (χ0) is 25.4. The lowest BCUT2D eigenvalue weighted by atomic mass is 9.90. The van der Waals surface area contributed by atoms with Crippen molar-refractivity contribution in [2.24, 2.45) is 0 Å². The smallest absolute Gasteiger partial charge is 0.261 e. The molecule has 0 amide bonds. The van der Waals surface area contributed by atoms with Gasteiger partial charge in [0.1, 0.15) is 0 Å². The Bertz CT molecular complexity index is 1370. The van der Waals surface area contributed by atoms with Gasteiger partial charge in [-0.15, -0.1) is 0 Å². The van der Waals surface area contributed by atoms with E-state index < -0.39 is 0 Å². The molecule has 5 aromatic rings. The summed E-state index contributed by atoms with van der Waals surface area (Å²) < 4.78 is 6.27. The minimum absolute atomic E-state index is 0.265. The Kier molecular flexibility index (Phi) is 6.39. The zero-order valence-electron chi connectivity index (χ0n) is 21.9. The molecular weight excluding hydrogens is 443 g/mol. The van der Waals surface area contributed by atoms with Gasteiger partial charge in [-0.1, -0.05) is 88.4 Å². The van der Waals surface area contributed by atoms with Crippen LogP contribution in [0, 0.1) is 13.8 Å². The fourth-order valence-electron chi connectivity index (χ4n) is 4.74. The number of hydrogen-bond acceptors (Lipinski definition) is 3. The van der Waals surface area contributed by atoms with Gasteiger partial charge in [-0.25, -0.2) is 15.3 Å². The van der Waals surface area contributed by atoms with Crippen molar-refractivity contribution in [3.63, 3.8) is 0 Å². The number of aryl methyl sites for hydroxylation is 2. The Balaban J connectivity index is 1.77. The summed E-state index contributed by atoms with van der Waals surface area (Å²) in [6.45, 7) is 13.0. The molecule has 36 heavy (non-hydrogen) atoms. The second kappa shape index (κ2) is 9.65. The van der Waals surface area contributed by atoms with E-state index in [9.17, 15) is 0 Å². The maximum absolute atomic E-state index is 5.18. The molecule has 3 heterocycles. The van der Waals surface area contributed by atoms with E-state index in [0.29, 0.717) is 0 Å². The van der Waals surface area contributed by atoms with Crippen LogP contribution in [-0.2, 0) is 0 Å². The second-order valence-corrected chi connectivity index (χ2v) is 10.1. The van der Waals surface area contributed by atoms with Gasteiger partial charge in [0.25, 0.3) is 7.12 Å². The molecule has 0 aliphatic carbocycles. The Morgan fingerprint density at radius 1 is 0.583 bits per heavy atom. The largest absolute Gasteiger partial charge is 0.422 e. The van der Waals surface area contributed by atoms with Crippen LogP contribution in [0.2, 0.25) is 0 Å². The average Bonchev–Trinajstić information content (AvgIpc) is 3.58. The van der Waals surface area contributed by atoms with E-state index in [1.54, 1.807) is 0 Å². The third-order valence-corrected chi connectivity index (χ3v) is 6.55. The summed E-state index contributed by atoms with van der Waals surface area (Å²) in [6.07, 6.45) is 0. The number of aromatic nitrogens is 6. The van der Waals surface area contributed by atoms with Crippen LogP contribution in [-0.4, -0.2) is 36.2 Å². The first-order valence-electron chi connectivity index (χ1n) is 12.7. The van der Waals surface area contributed by atoms with Gasteiger partial charge >= 0.3 is 0 Å². The molecule has 0 fully saturated rings. The van der Waals surface area contributed by atoms with E-state index >= 15 is 0 Å². The summed E-state index contributed by atoms with van der Waals surface area (Å²) in [5, 5.41) is 15.3. The SMILES string of the molecule is Cc1cc(C)n([B-](n2nc(-c3ccccc3)cc2C(C)C)n2nc(-c3ccccc3)cc2C(C)C)n1. The minimum atomic E-state index is -0.372. The molecule has 0 aliphatic rings. The minimum Gasteiger partial charge on any atom is -0.422 e. The molecule has 5 rings (SSSR count). The topological polar surface area (TPSA) is 53.5 Å². The molecule has 0 N–H and O–H groups in total. The summed E-state index contributed by atoms with van der Waals surface area (Å²) in [7, 11) is -0.372. The molecule has 6 nitrogen and oxygen atoms in total. The summed E-state index contributed by atoms with van der Waals surface area (Å²) in [6, 6.07) is 27.2. The van der Waals surface area contributed by atoms with Gasteiger partial charge in [0, 0.05) is 11.1 Å². The van der Waals surface area contributed by atoms with Crippen molar-refractivity contribution in [3.05, 3.63) is 102 Å². The van der Waals surface area contributed by atoms with Crippen molar-refractivity contribution in [3.8, 4) is 22.5 Å². The van der Waals surface area contributed by atoms with Crippen molar-refractivity contribution in [1.29, 1.82) is 0 Å². The van der Waals surface area contributed by atoms with Gasteiger partial charge in [0.05, 0.1) is 17.1 Å². The lowest BCUT2D eigenvalue weighted by Crippen LogP contribution is -2.46. The number of rotatable bonds is 7. The Morgan fingerprint density at radius 2 is 1.03 bits per heavy atom. The molecule has 0 aliphatic heterocycles. The Labute approximate surface area is 213 Å². The lowest BCUT2D eigenvalue weighted by molar-refractivity contribution is 0.679. The number of hydrogen-bond donors (Lipinski definition) is 0. The van der Waals surface area contributed by atoms with Crippen LogP contribution in [0.25, 0.3) is 22.5 Å². The van der Waals surface area contributed by atoms with Crippen LogP contribution in [0.1, 0.15) is 62.3 Å². The van der Waals surface area contributed by atoms with Crippen molar-refractivity contribution >= 4 is 7.12 Å². The molecule has 2 aromatic carbocycles. The summed E-state index contributed by atoms with van der Waals surface area (Å²) in [5.74, 6) is 0.530. The first-order valence-corrected chi connectivity index (χ1v) is 12.7. The van der Waals surface area contributed by atoms with Crippen LogP contribution in [0.4, 0.5) is 0 Å². The second-order valence-electron chi connectivity index (χ2n) is 10.1. The van der Waals surface area contributed by atoms with E-state index in [4.69, 9.17) is 15.3 Å². The van der Waals surface area contributed by atoms with Gasteiger partial charge in [0.2, 0.25) is 0 Å². The van der Waals surface area contributed by atoms with E-state index in [1.165, 1.54) is 0 Å². The molecule has 0 atom stereocenters. The van der Waals surface area contributed by atoms with Crippen LogP contribution in [0.15, 0.2) is 78.9 Å². The first-order chi connectivity index (χ1) is 17.3. The van der Waals surface area contributed by atoms with E-state index in [-0.39, 0.29) is 19.0 Å². The normalized spacial score (nSPS) is 11.8. The van der Waals surface area contributed by atoms with Gasteiger partial charge in [0.15, 0.2) is 0 Å². The highest BCUT2D eigenvalue weighted by atomic mass is 15.5. The van der Waals surface area contributed by atoms with Crippen molar-refractivity contribution < 1.29 is 0 Å². The highest BCUT2D eigenvalue weighted by Crippen LogP contribution is 2.28. The van der Waals surface area contributed by atoms with Crippen molar-refractivity contribution in [2.75, 3.05) is 0 Å². The third-order valence-electron chi connectivity index (χ3n) is 6.55. The summed E-state index contributed by atoms with van der Waals surface area (Å²) in [4.78, 5) is 0. The molecule has 7 heteroatoms. The molecule has 0 saturated carbocycles. The molecule has 0 bridgehead atoms. The predicted molar refractivity (Wildman–Crippen MR) is 147 cm³/mol. The third kappa shape index (κ3) is 4.41. The first kappa shape index (κ1) is 23.9. The molecule has 0 unspecified atom stereocenters. The van der Waals surface area contributed by atoms with Gasteiger partial charge in [-0.3, -0.25) is 0 Å². The maximum atomic E-state index is 5.18. The highest BCUT2D eigenvalue weighted by Gasteiger charge is 2.23. The van der Waals surface area contributed by atoms with Crippen LogP contribution in [0.3, 0.4) is 0 Å². The van der Waals surface area contributed by atoms with Gasteiger partial charge in [-0.05, 0) is 61.0 Å². The fraction of sp³-hybridized carbons (Fsp3) is 0.276. The van der Waals surface area contributed by atoms with Gasteiger partial charge in [-0.2, -0.15) is 0 Å². The number of nitrogens with zero attached hydrogens (tertiary/aromatic N) is 6. The molecule has 3 aromatic heterocycles. The summed E-state index contributed by atoms with van der Waals surface area (Å²) >= 11 is 0. The Morgan fingerprint density at radius 3 is 1.39 bits per heavy atom. The monoisotopic (exact) mass is 476 g/mol. The van der Waals surface area contributed by atoms with E-state index in [2.05, 4.69) is 115 Å². The fourth-order valence-corrected chi connectivity index (χ4v) is 4.74. The lowest BCUT2D eigenvalue weighted by Gasteiger charge is -2.35. The Hall–Kier alpha value is -3.87. The van der Waals surface area contributed by atoms with E-state index in [1.807, 2.05) is 19.1 Å². The number of benzene rings is 2. The van der Waals surface area contributed by atoms with Crippen molar-refractivity contribution in [2.45, 2.75) is 53.4 Å². The van der Waals surface area contributed by atoms with Crippen LogP contribution in [0.5, 0.6) is 0 Å². The zero-order valence-corrected chi connectivity index (χ0v) is 21.9. The van der Waals surface area contributed by atoms with E-state index in [0.717, 1.165) is 45.3 Å². The van der Waals surface area contributed by atoms with Crippen LogP contribution >= 0.6 is 0 Å². The molecule has 0 saturated heterocycles. The average molecular weight is 476 g/mol. The summed E-state index contributed by atoms with van der Waals surface area (Å²) in [5.41, 5.74) is 8.41. The highest BCUT2D eigenvalue weighted by molar-refractivity contribution is 6.53. The standard InChI is InChI=1S/C29H33BN6/c1-20(2)28-18-26(24-13-9-7-10-14-24)32-35(28)30(34-23(6)17-22(5)31-34)36-29(21(3)4)19-27(33-36)25-15-11-8-12-16-25/h7-21H,1-6H3/q-1. The molecule has 0 spiro atoms. The van der Waals surface area contributed by atoms with Crippen LogP contribution < -0.4 is 0 Å². The molecular formula is C29H33BN6-. The van der Waals surface area contributed by atoms with Gasteiger partial charge < -0.3 is 13.8 Å². The molecule has 183 valence electrons. The maximum Gasteiger partial charge on any atom is 0.261 e. The molecule has 1 radical (unpaired) electrons. The predicted octanol–water partition coefficient (Wildman–Crippen LogP) is 6.40. The van der Waals surface area contributed by atoms with Crippen molar-refractivity contribution in [1.82, 2.24) is 29.1 Å². The quantitative estimate of drug-likeness (QED) is 0.255.